The van der Waals surface area contributed by atoms with Gasteiger partial charge in [-0.15, -0.1) is 11.3 Å². The highest BCUT2D eigenvalue weighted by Crippen LogP contribution is 2.42. The number of ketones is 1. The minimum Gasteiger partial charge on any atom is -0.486 e. The molecular weight excluding hydrogens is 394 g/mol. The normalized spacial score (nSPS) is 21.8. The van der Waals surface area contributed by atoms with Crippen molar-refractivity contribution in [1.82, 2.24) is 4.31 Å². The van der Waals surface area contributed by atoms with Crippen LogP contribution in [0, 0.1) is 0 Å². The first kappa shape index (κ1) is 18.3. The molecule has 2 aromatic rings. The van der Waals surface area contributed by atoms with Gasteiger partial charge in [-0.05, 0) is 60.4 Å². The number of rotatable bonds is 2. The second kappa shape index (κ2) is 6.68. The molecule has 5 nitrogen and oxygen atoms in total. The third kappa shape index (κ3) is 3.00. The standard InChI is InChI=1S/C21H23NO4S2/c23-18-14-21(26-19-13-16-5-2-1-4-15(16)12-17(18)19)7-9-22(10-8-21)28(24,25)20-6-3-11-27-20/h3,6,11-13H,1-2,4-5,7-10,14H2. The van der Waals surface area contributed by atoms with Gasteiger partial charge in [0.15, 0.2) is 5.78 Å². The first-order chi connectivity index (χ1) is 13.5. The summed E-state index contributed by atoms with van der Waals surface area (Å²) < 4.78 is 33.9. The zero-order chi connectivity index (χ0) is 19.4. The van der Waals surface area contributed by atoms with Crippen molar-refractivity contribution in [2.24, 2.45) is 0 Å². The lowest BCUT2D eigenvalue weighted by molar-refractivity contribution is 0.00584. The van der Waals surface area contributed by atoms with Crippen molar-refractivity contribution in [1.29, 1.82) is 0 Å². The lowest BCUT2D eigenvalue weighted by Crippen LogP contribution is -2.52. The Bertz CT molecular complexity index is 1020. The third-order valence-electron chi connectivity index (χ3n) is 6.28. The van der Waals surface area contributed by atoms with Crippen LogP contribution < -0.4 is 4.74 Å². The maximum Gasteiger partial charge on any atom is 0.252 e. The van der Waals surface area contributed by atoms with Gasteiger partial charge < -0.3 is 4.74 Å². The highest BCUT2D eigenvalue weighted by Gasteiger charge is 2.45. The van der Waals surface area contributed by atoms with Crippen LogP contribution in [0.3, 0.4) is 0 Å². The van der Waals surface area contributed by atoms with Gasteiger partial charge in [0, 0.05) is 25.9 Å². The molecule has 1 aliphatic carbocycles. The predicted octanol–water partition coefficient (Wildman–Crippen LogP) is 3.82. The van der Waals surface area contributed by atoms with E-state index in [0.29, 0.717) is 47.9 Å². The van der Waals surface area contributed by atoms with Gasteiger partial charge in [-0.3, -0.25) is 4.79 Å². The van der Waals surface area contributed by atoms with Gasteiger partial charge in [0.1, 0.15) is 15.6 Å². The molecule has 1 saturated heterocycles. The fourth-order valence-corrected chi connectivity index (χ4v) is 7.26. The number of nitrogens with zero attached hydrogens (tertiary/aromatic N) is 1. The highest BCUT2D eigenvalue weighted by molar-refractivity contribution is 7.91. The summed E-state index contributed by atoms with van der Waals surface area (Å²) in [5.74, 6) is 0.829. The molecule has 3 heterocycles. The van der Waals surface area contributed by atoms with Crippen LogP contribution in [0.15, 0.2) is 33.9 Å². The van der Waals surface area contributed by atoms with Crippen molar-refractivity contribution in [3.05, 3.63) is 46.3 Å². The smallest absolute Gasteiger partial charge is 0.252 e. The summed E-state index contributed by atoms with van der Waals surface area (Å²) in [7, 11) is -3.45. The Morgan fingerprint density at radius 2 is 1.79 bits per heavy atom. The summed E-state index contributed by atoms with van der Waals surface area (Å²) in [6, 6.07) is 7.50. The van der Waals surface area contributed by atoms with Crippen LogP contribution in [-0.4, -0.2) is 37.2 Å². The molecule has 0 amide bonds. The number of aryl methyl sites for hydroxylation is 2. The summed E-state index contributed by atoms with van der Waals surface area (Å²) in [5.41, 5.74) is 2.72. The number of sulfonamides is 1. The Labute approximate surface area is 169 Å². The molecule has 0 radical (unpaired) electrons. The van der Waals surface area contributed by atoms with Crippen LogP contribution >= 0.6 is 11.3 Å². The summed E-state index contributed by atoms with van der Waals surface area (Å²) in [4.78, 5) is 12.9. The van der Waals surface area contributed by atoms with Crippen LogP contribution in [-0.2, 0) is 22.9 Å². The molecule has 28 heavy (non-hydrogen) atoms. The third-order valence-corrected chi connectivity index (χ3v) is 9.55. The van der Waals surface area contributed by atoms with E-state index in [1.165, 1.54) is 39.6 Å². The van der Waals surface area contributed by atoms with Crippen LogP contribution in [0.5, 0.6) is 5.75 Å². The maximum atomic E-state index is 12.9. The van der Waals surface area contributed by atoms with E-state index in [2.05, 4.69) is 6.07 Å². The van der Waals surface area contributed by atoms with E-state index in [-0.39, 0.29) is 5.78 Å². The monoisotopic (exact) mass is 417 g/mol. The van der Waals surface area contributed by atoms with Gasteiger partial charge in [0.25, 0.3) is 10.0 Å². The molecule has 1 spiro atoms. The summed E-state index contributed by atoms with van der Waals surface area (Å²) >= 11 is 1.24. The second-order valence-electron chi connectivity index (χ2n) is 8.05. The number of hydrogen-bond acceptors (Lipinski definition) is 5. The van der Waals surface area contributed by atoms with E-state index >= 15 is 0 Å². The van der Waals surface area contributed by atoms with E-state index in [1.54, 1.807) is 17.5 Å². The summed E-state index contributed by atoms with van der Waals surface area (Å²) in [5, 5.41) is 1.78. The second-order valence-corrected chi connectivity index (χ2v) is 11.2. The van der Waals surface area contributed by atoms with Gasteiger partial charge in [-0.1, -0.05) is 6.07 Å². The van der Waals surface area contributed by atoms with E-state index in [0.717, 1.165) is 12.8 Å². The molecule has 148 valence electrons. The quantitative estimate of drug-likeness (QED) is 0.745. The van der Waals surface area contributed by atoms with Gasteiger partial charge in [0.05, 0.1) is 12.0 Å². The lowest BCUT2D eigenvalue weighted by atomic mass is 9.81. The molecule has 1 fully saturated rings. The van der Waals surface area contributed by atoms with Gasteiger partial charge >= 0.3 is 0 Å². The number of ether oxygens (including phenoxy) is 1. The SMILES string of the molecule is O=C1CC2(CCN(S(=O)(=O)c3cccs3)CC2)Oc2cc3c(cc21)CCCC3. The van der Waals surface area contributed by atoms with E-state index in [4.69, 9.17) is 4.74 Å². The molecule has 0 saturated carbocycles. The molecule has 2 aliphatic heterocycles. The molecule has 3 aliphatic rings. The van der Waals surface area contributed by atoms with Gasteiger partial charge in [0.2, 0.25) is 0 Å². The van der Waals surface area contributed by atoms with Crippen LogP contribution in [0.25, 0.3) is 0 Å². The highest BCUT2D eigenvalue weighted by atomic mass is 32.2. The van der Waals surface area contributed by atoms with Crippen molar-refractivity contribution in [2.45, 2.75) is 54.8 Å². The van der Waals surface area contributed by atoms with Crippen molar-refractivity contribution in [2.75, 3.05) is 13.1 Å². The van der Waals surface area contributed by atoms with Crippen molar-refractivity contribution >= 4 is 27.1 Å². The number of Topliss-reactive ketones (excluding diaryl/α,β-unsaturated/α-hetero) is 1. The van der Waals surface area contributed by atoms with Gasteiger partial charge in [-0.2, -0.15) is 4.31 Å². The number of benzene rings is 1. The molecular formula is C21H23NO4S2. The molecule has 1 aromatic carbocycles. The molecule has 0 bridgehead atoms. The fraction of sp³-hybridized carbons (Fsp3) is 0.476. The minimum atomic E-state index is -3.45. The first-order valence-corrected chi connectivity index (χ1v) is 12.2. The topological polar surface area (TPSA) is 63.7 Å². The number of fused-ring (bicyclic) bond motifs is 2. The maximum absolute atomic E-state index is 12.9. The Kier molecular flexibility index (Phi) is 4.37. The van der Waals surface area contributed by atoms with Crippen molar-refractivity contribution < 1.29 is 17.9 Å². The summed E-state index contributed by atoms with van der Waals surface area (Å²) in [6.07, 6.45) is 5.86. The molecule has 0 unspecified atom stereocenters. The molecule has 1 aromatic heterocycles. The minimum absolute atomic E-state index is 0.129. The van der Waals surface area contributed by atoms with Crippen LogP contribution in [0.4, 0.5) is 0 Å². The number of thiophene rings is 1. The number of hydrogen-bond donors (Lipinski definition) is 0. The Hall–Kier alpha value is -1.70. The zero-order valence-electron chi connectivity index (χ0n) is 15.6. The van der Waals surface area contributed by atoms with Crippen molar-refractivity contribution in [3.63, 3.8) is 0 Å². The average Bonchev–Trinajstić information content (AvgIpc) is 3.23. The average molecular weight is 418 g/mol. The predicted molar refractivity (Wildman–Crippen MR) is 108 cm³/mol. The first-order valence-electron chi connectivity index (χ1n) is 9.89. The molecule has 7 heteroatoms. The van der Waals surface area contributed by atoms with Crippen molar-refractivity contribution in [3.8, 4) is 5.75 Å². The van der Waals surface area contributed by atoms with Crippen LogP contribution in [0.2, 0.25) is 0 Å². The number of piperidine rings is 1. The van der Waals surface area contributed by atoms with E-state index in [1.807, 2.05) is 6.07 Å². The largest absolute Gasteiger partial charge is 0.486 e. The Balaban J connectivity index is 1.38. The van der Waals surface area contributed by atoms with E-state index in [9.17, 15) is 13.2 Å². The van der Waals surface area contributed by atoms with Gasteiger partial charge in [-0.25, -0.2) is 8.42 Å². The number of carbonyl (C=O) groups excluding carboxylic acids is 1. The molecule has 5 rings (SSSR count). The zero-order valence-corrected chi connectivity index (χ0v) is 17.3. The summed E-state index contributed by atoms with van der Waals surface area (Å²) in [6.45, 7) is 0.765. The fourth-order valence-electron chi connectivity index (χ4n) is 4.67. The molecule has 0 N–H and O–H groups in total. The number of carbonyl (C=O) groups is 1. The van der Waals surface area contributed by atoms with Crippen LogP contribution in [0.1, 0.15) is 53.6 Å². The lowest BCUT2D eigenvalue weighted by Gasteiger charge is -2.43. The Morgan fingerprint density at radius 1 is 1.07 bits per heavy atom. The molecule has 0 atom stereocenters. The van der Waals surface area contributed by atoms with E-state index < -0.39 is 15.6 Å². The Morgan fingerprint density at radius 3 is 2.46 bits per heavy atom.